The van der Waals surface area contributed by atoms with E-state index in [4.69, 9.17) is 9.15 Å². The minimum Gasteiger partial charge on any atom is -0.494 e. The van der Waals surface area contributed by atoms with Crippen molar-refractivity contribution in [3.05, 3.63) is 72.9 Å². The van der Waals surface area contributed by atoms with E-state index in [9.17, 15) is 4.79 Å². The van der Waals surface area contributed by atoms with Crippen molar-refractivity contribution in [1.82, 2.24) is 10.3 Å². The Morgan fingerprint density at radius 1 is 1.23 bits per heavy atom. The molecule has 0 aliphatic heterocycles. The lowest BCUT2D eigenvalue weighted by molar-refractivity contribution is 0.0958. The van der Waals surface area contributed by atoms with Gasteiger partial charge in [-0.1, -0.05) is 18.2 Å². The highest BCUT2D eigenvalue weighted by Gasteiger charge is 2.16. The summed E-state index contributed by atoms with van der Waals surface area (Å²) in [5.41, 5.74) is 2.04. The van der Waals surface area contributed by atoms with Crippen LogP contribution in [-0.2, 0) is 0 Å². The van der Waals surface area contributed by atoms with Crippen molar-refractivity contribution in [1.29, 1.82) is 0 Å². The number of rotatable bonds is 7. The van der Waals surface area contributed by atoms with E-state index < -0.39 is 0 Å². The summed E-state index contributed by atoms with van der Waals surface area (Å²) in [4.78, 5) is 16.7. The third-order valence-electron chi connectivity index (χ3n) is 3.76. The third kappa shape index (κ3) is 3.83. The summed E-state index contributed by atoms with van der Waals surface area (Å²) in [6.45, 7) is 6.57. The Balaban J connectivity index is 1.88. The smallest absolute Gasteiger partial charge is 0.252 e. The van der Waals surface area contributed by atoms with Crippen LogP contribution in [0.4, 0.5) is 0 Å². The van der Waals surface area contributed by atoms with Gasteiger partial charge in [-0.2, -0.15) is 0 Å². The zero-order chi connectivity index (χ0) is 18.4. The molecule has 5 heteroatoms. The minimum absolute atomic E-state index is 0.193. The molecule has 0 aliphatic carbocycles. The maximum absolute atomic E-state index is 12.3. The van der Waals surface area contributed by atoms with Crippen LogP contribution in [0.15, 0.2) is 71.8 Å². The maximum atomic E-state index is 12.3. The number of nitrogens with zero attached hydrogens (tertiary/aromatic N) is 1. The zero-order valence-corrected chi connectivity index (χ0v) is 14.6. The summed E-state index contributed by atoms with van der Waals surface area (Å²) >= 11 is 0. The van der Waals surface area contributed by atoms with Crippen molar-refractivity contribution < 1.29 is 13.9 Å². The Hall–Kier alpha value is -3.34. The Kier molecular flexibility index (Phi) is 5.49. The van der Waals surface area contributed by atoms with Crippen molar-refractivity contribution >= 4 is 5.91 Å². The summed E-state index contributed by atoms with van der Waals surface area (Å²) in [6, 6.07) is 14.8. The van der Waals surface area contributed by atoms with E-state index in [2.05, 4.69) is 16.9 Å². The fourth-order valence-electron chi connectivity index (χ4n) is 2.54. The number of nitrogens with one attached hydrogen (secondary N) is 1. The molecule has 0 saturated carbocycles. The van der Waals surface area contributed by atoms with Gasteiger partial charge in [0.15, 0.2) is 5.76 Å². The number of hydrogen-bond donors (Lipinski definition) is 1. The van der Waals surface area contributed by atoms with Gasteiger partial charge in [-0.15, -0.1) is 6.58 Å². The van der Waals surface area contributed by atoms with Gasteiger partial charge in [0, 0.05) is 17.7 Å². The molecule has 1 aromatic heterocycles. The molecular formula is C21H20N2O3. The van der Waals surface area contributed by atoms with Crippen molar-refractivity contribution in [2.75, 3.05) is 13.2 Å². The van der Waals surface area contributed by atoms with Crippen molar-refractivity contribution in [2.24, 2.45) is 0 Å². The average molecular weight is 348 g/mol. The number of amides is 1. The Bertz CT molecular complexity index is 898. The van der Waals surface area contributed by atoms with Crippen LogP contribution in [0, 0.1) is 0 Å². The second-order valence-electron chi connectivity index (χ2n) is 5.53. The Morgan fingerprint density at radius 2 is 2.00 bits per heavy atom. The molecule has 0 spiro atoms. The molecule has 0 saturated heterocycles. The van der Waals surface area contributed by atoms with E-state index in [1.165, 1.54) is 0 Å². The monoisotopic (exact) mass is 348 g/mol. The lowest BCUT2D eigenvalue weighted by Gasteiger charge is -2.06. The SMILES string of the molecule is C=CCNC(=O)c1ccccc1-c1ncc(-c2ccc(OCC)cc2)o1. The molecular weight excluding hydrogens is 328 g/mol. The predicted octanol–water partition coefficient (Wildman–Crippen LogP) is 4.32. The van der Waals surface area contributed by atoms with E-state index in [0.717, 1.165) is 11.3 Å². The highest BCUT2D eigenvalue weighted by atomic mass is 16.5. The van der Waals surface area contributed by atoms with Crippen molar-refractivity contribution in [3.63, 3.8) is 0 Å². The number of oxazole rings is 1. The van der Waals surface area contributed by atoms with Crippen LogP contribution in [0.2, 0.25) is 0 Å². The van der Waals surface area contributed by atoms with Gasteiger partial charge in [0.2, 0.25) is 5.89 Å². The van der Waals surface area contributed by atoms with E-state index in [1.807, 2.05) is 49.4 Å². The summed E-state index contributed by atoms with van der Waals surface area (Å²) in [5.74, 6) is 1.64. The van der Waals surface area contributed by atoms with Crippen LogP contribution in [0.3, 0.4) is 0 Å². The minimum atomic E-state index is -0.193. The van der Waals surface area contributed by atoms with Crippen LogP contribution in [0.5, 0.6) is 5.75 Å². The molecule has 132 valence electrons. The zero-order valence-electron chi connectivity index (χ0n) is 14.6. The summed E-state index contributed by atoms with van der Waals surface area (Å²) in [7, 11) is 0. The molecule has 2 aromatic carbocycles. The second kappa shape index (κ2) is 8.16. The molecule has 3 rings (SSSR count). The van der Waals surface area contributed by atoms with E-state index >= 15 is 0 Å². The molecule has 0 fully saturated rings. The normalized spacial score (nSPS) is 10.3. The maximum Gasteiger partial charge on any atom is 0.252 e. The molecule has 5 nitrogen and oxygen atoms in total. The first-order chi connectivity index (χ1) is 12.7. The Labute approximate surface area is 152 Å². The van der Waals surface area contributed by atoms with Gasteiger partial charge in [-0.25, -0.2) is 4.98 Å². The largest absolute Gasteiger partial charge is 0.494 e. The van der Waals surface area contributed by atoms with Crippen LogP contribution in [-0.4, -0.2) is 24.0 Å². The summed E-state index contributed by atoms with van der Waals surface area (Å²) in [5, 5.41) is 2.78. The molecule has 0 atom stereocenters. The molecule has 0 bridgehead atoms. The van der Waals surface area contributed by atoms with Crippen molar-refractivity contribution in [3.8, 4) is 28.5 Å². The van der Waals surface area contributed by atoms with Gasteiger partial charge < -0.3 is 14.5 Å². The standard InChI is InChI=1S/C21H20N2O3/c1-3-13-22-20(24)17-7-5-6-8-18(17)21-23-14-19(26-21)15-9-11-16(12-10-15)25-4-2/h3,5-12,14H,1,4,13H2,2H3,(H,22,24). The molecule has 0 radical (unpaired) electrons. The van der Waals surface area contributed by atoms with Gasteiger partial charge in [0.05, 0.1) is 18.4 Å². The molecule has 26 heavy (non-hydrogen) atoms. The summed E-state index contributed by atoms with van der Waals surface area (Å²) in [6.07, 6.45) is 3.29. The highest BCUT2D eigenvalue weighted by Crippen LogP contribution is 2.29. The highest BCUT2D eigenvalue weighted by molar-refractivity contribution is 6.00. The van der Waals surface area contributed by atoms with Gasteiger partial charge in [0.1, 0.15) is 5.75 Å². The van der Waals surface area contributed by atoms with Gasteiger partial charge in [-0.3, -0.25) is 4.79 Å². The topological polar surface area (TPSA) is 64.4 Å². The third-order valence-corrected chi connectivity index (χ3v) is 3.76. The van der Waals surface area contributed by atoms with Gasteiger partial charge in [-0.05, 0) is 43.3 Å². The van der Waals surface area contributed by atoms with Crippen LogP contribution in [0.25, 0.3) is 22.8 Å². The number of ether oxygens (including phenoxy) is 1. The first-order valence-corrected chi connectivity index (χ1v) is 8.40. The molecule has 3 aromatic rings. The predicted molar refractivity (Wildman–Crippen MR) is 101 cm³/mol. The fourth-order valence-corrected chi connectivity index (χ4v) is 2.54. The lowest BCUT2D eigenvalue weighted by Crippen LogP contribution is -2.23. The number of carbonyl (C=O) groups excluding carboxylic acids is 1. The van der Waals surface area contributed by atoms with E-state index in [0.29, 0.717) is 35.9 Å². The number of carbonyl (C=O) groups is 1. The molecule has 1 amide bonds. The second-order valence-corrected chi connectivity index (χ2v) is 5.53. The van der Waals surface area contributed by atoms with Crippen molar-refractivity contribution in [2.45, 2.75) is 6.92 Å². The van der Waals surface area contributed by atoms with Crippen LogP contribution in [0.1, 0.15) is 17.3 Å². The van der Waals surface area contributed by atoms with Crippen LogP contribution < -0.4 is 10.1 Å². The number of hydrogen-bond acceptors (Lipinski definition) is 4. The van der Waals surface area contributed by atoms with Gasteiger partial charge >= 0.3 is 0 Å². The van der Waals surface area contributed by atoms with E-state index in [-0.39, 0.29) is 5.91 Å². The van der Waals surface area contributed by atoms with Gasteiger partial charge in [0.25, 0.3) is 5.91 Å². The molecule has 0 aliphatic rings. The van der Waals surface area contributed by atoms with E-state index in [1.54, 1.807) is 18.3 Å². The molecule has 1 heterocycles. The number of aromatic nitrogens is 1. The summed E-state index contributed by atoms with van der Waals surface area (Å²) < 4.78 is 11.3. The fraction of sp³-hybridized carbons (Fsp3) is 0.143. The number of benzene rings is 2. The molecule has 0 unspecified atom stereocenters. The quantitative estimate of drug-likeness (QED) is 0.646. The Morgan fingerprint density at radius 3 is 2.73 bits per heavy atom. The first-order valence-electron chi connectivity index (χ1n) is 8.40. The first kappa shape index (κ1) is 17.5. The molecule has 1 N–H and O–H groups in total. The van der Waals surface area contributed by atoms with Crippen LogP contribution >= 0.6 is 0 Å². The lowest BCUT2D eigenvalue weighted by atomic mass is 10.1. The average Bonchev–Trinajstić information content (AvgIpc) is 3.17.